The summed E-state index contributed by atoms with van der Waals surface area (Å²) in [5.41, 5.74) is 2.99. The van der Waals surface area contributed by atoms with E-state index in [0.717, 1.165) is 13.0 Å². The maximum Gasteiger partial charge on any atom is 0.251 e. The Balaban J connectivity index is 0.00000261. The zero-order chi connectivity index (χ0) is 18.7. The average molecular weight is 409 g/mol. The van der Waals surface area contributed by atoms with Crippen LogP contribution in [0.1, 0.15) is 41.4 Å². The number of halogens is 1. The highest BCUT2D eigenvalue weighted by Gasteiger charge is 2.21. The van der Waals surface area contributed by atoms with E-state index in [1.165, 1.54) is 23.3 Å². The molecular weight excluding hydrogens is 384 g/mol. The van der Waals surface area contributed by atoms with Gasteiger partial charge >= 0.3 is 0 Å². The molecule has 2 aromatic carbocycles. The maximum atomic E-state index is 12.4. The number of benzene rings is 2. The average Bonchev–Trinajstić information content (AvgIpc) is 2.66. The Morgan fingerprint density at radius 3 is 2.48 bits per heavy atom. The fourth-order valence-corrected chi connectivity index (χ4v) is 4.20. The van der Waals surface area contributed by atoms with E-state index in [-0.39, 0.29) is 29.3 Å². The molecule has 0 bridgehead atoms. The minimum Gasteiger partial charge on any atom is -0.350 e. The fourth-order valence-electron chi connectivity index (χ4n) is 3.14. The van der Waals surface area contributed by atoms with Crippen LogP contribution >= 0.6 is 12.4 Å². The summed E-state index contributed by atoms with van der Waals surface area (Å²) in [4.78, 5) is 12.6. The molecule has 0 saturated carbocycles. The Kier molecular flexibility index (Phi) is 7.03. The Morgan fingerprint density at radius 2 is 1.81 bits per heavy atom. The van der Waals surface area contributed by atoms with E-state index in [1.54, 1.807) is 26.0 Å². The molecule has 1 atom stereocenters. The molecule has 0 radical (unpaired) electrons. The summed E-state index contributed by atoms with van der Waals surface area (Å²) in [6, 6.07) is 14.5. The quantitative estimate of drug-likeness (QED) is 0.797. The van der Waals surface area contributed by atoms with Crippen LogP contribution in [-0.2, 0) is 16.3 Å². The van der Waals surface area contributed by atoms with E-state index >= 15 is 0 Å². The van der Waals surface area contributed by atoms with Crippen molar-refractivity contribution in [2.75, 3.05) is 13.1 Å². The van der Waals surface area contributed by atoms with Crippen molar-refractivity contribution >= 4 is 28.2 Å². The van der Waals surface area contributed by atoms with Gasteiger partial charge in [0.25, 0.3) is 5.91 Å². The van der Waals surface area contributed by atoms with Crippen molar-refractivity contribution in [1.82, 2.24) is 10.6 Å². The van der Waals surface area contributed by atoms with Gasteiger partial charge in [-0.1, -0.05) is 24.3 Å². The standard InChI is InChI=1S/C20H24N2O3S.ClH/c1-14(2)26(24,25)17-9-7-16(8-10-17)20(23)22-13-19-18-6-4-3-5-15(18)11-12-21-19;/h3-10,14,19,21H,11-13H2,1-2H3,(H,22,23);1H. The first-order valence-corrected chi connectivity index (χ1v) is 10.4. The Bertz CT molecular complexity index is 896. The van der Waals surface area contributed by atoms with Gasteiger partial charge < -0.3 is 10.6 Å². The Labute approximate surface area is 166 Å². The molecule has 3 rings (SSSR count). The van der Waals surface area contributed by atoms with Gasteiger partial charge in [-0.25, -0.2) is 8.42 Å². The van der Waals surface area contributed by atoms with E-state index < -0.39 is 15.1 Å². The Morgan fingerprint density at radius 1 is 1.15 bits per heavy atom. The highest BCUT2D eigenvalue weighted by atomic mass is 35.5. The van der Waals surface area contributed by atoms with Crippen molar-refractivity contribution in [3.63, 3.8) is 0 Å². The second-order valence-electron chi connectivity index (χ2n) is 6.78. The van der Waals surface area contributed by atoms with E-state index in [0.29, 0.717) is 12.1 Å². The molecule has 1 unspecified atom stereocenters. The number of hydrogen-bond acceptors (Lipinski definition) is 4. The van der Waals surface area contributed by atoms with Gasteiger partial charge in [0.15, 0.2) is 9.84 Å². The number of fused-ring (bicyclic) bond motifs is 1. The van der Waals surface area contributed by atoms with E-state index in [9.17, 15) is 13.2 Å². The lowest BCUT2D eigenvalue weighted by Gasteiger charge is -2.27. The van der Waals surface area contributed by atoms with Crippen LogP contribution in [0.25, 0.3) is 0 Å². The van der Waals surface area contributed by atoms with Crippen molar-refractivity contribution in [2.45, 2.75) is 36.5 Å². The van der Waals surface area contributed by atoms with Gasteiger partial charge in [-0.15, -0.1) is 12.4 Å². The molecule has 1 heterocycles. The number of amides is 1. The molecule has 0 aliphatic carbocycles. The van der Waals surface area contributed by atoms with E-state index in [1.807, 2.05) is 12.1 Å². The molecule has 1 aliphatic heterocycles. The molecule has 2 N–H and O–H groups in total. The maximum absolute atomic E-state index is 12.4. The van der Waals surface area contributed by atoms with Crippen LogP contribution in [0.2, 0.25) is 0 Å². The molecule has 0 spiro atoms. The van der Waals surface area contributed by atoms with Crippen LogP contribution in [0.3, 0.4) is 0 Å². The number of hydrogen-bond donors (Lipinski definition) is 2. The molecule has 0 fully saturated rings. The van der Waals surface area contributed by atoms with Gasteiger partial charge in [-0.2, -0.15) is 0 Å². The van der Waals surface area contributed by atoms with Crippen LogP contribution in [0.4, 0.5) is 0 Å². The zero-order valence-electron chi connectivity index (χ0n) is 15.4. The van der Waals surface area contributed by atoms with Gasteiger partial charge in [-0.3, -0.25) is 4.79 Å². The van der Waals surface area contributed by atoms with Gasteiger partial charge in [0.05, 0.1) is 10.1 Å². The summed E-state index contributed by atoms with van der Waals surface area (Å²) >= 11 is 0. The molecule has 2 aromatic rings. The second kappa shape index (κ2) is 8.87. The molecule has 1 aliphatic rings. The largest absolute Gasteiger partial charge is 0.350 e. The summed E-state index contributed by atoms with van der Waals surface area (Å²) in [6.07, 6.45) is 0.992. The van der Waals surface area contributed by atoms with Gasteiger partial charge in [0.1, 0.15) is 0 Å². The summed E-state index contributed by atoms with van der Waals surface area (Å²) in [7, 11) is -3.32. The number of rotatable bonds is 5. The van der Waals surface area contributed by atoms with Gasteiger partial charge in [0, 0.05) is 18.2 Å². The monoisotopic (exact) mass is 408 g/mol. The van der Waals surface area contributed by atoms with Crippen molar-refractivity contribution < 1.29 is 13.2 Å². The van der Waals surface area contributed by atoms with Crippen molar-refractivity contribution in [1.29, 1.82) is 0 Å². The zero-order valence-corrected chi connectivity index (χ0v) is 17.1. The number of carbonyl (C=O) groups is 1. The molecular formula is C20H25ClN2O3S. The second-order valence-corrected chi connectivity index (χ2v) is 9.29. The SMILES string of the molecule is CC(C)S(=O)(=O)c1ccc(C(=O)NCC2NCCc3ccccc32)cc1.Cl. The topological polar surface area (TPSA) is 75.3 Å². The molecule has 7 heteroatoms. The highest BCUT2D eigenvalue weighted by molar-refractivity contribution is 7.92. The third-order valence-corrected chi connectivity index (χ3v) is 6.92. The summed E-state index contributed by atoms with van der Waals surface area (Å²) in [5.74, 6) is -0.205. The van der Waals surface area contributed by atoms with Crippen molar-refractivity contribution in [3.8, 4) is 0 Å². The lowest BCUT2D eigenvalue weighted by atomic mass is 9.94. The summed E-state index contributed by atoms with van der Waals surface area (Å²) in [5, 5.41) is 5.88. The number of sulfone groups is 1. The highest BCUT2D eigenvalue weighted by Crippen LogP contribution is 2.22. The minimum atomic E-state index is -3.32. The van der Waals surface area contributed by atoms with Crippen LogP contribution in [-0.4, -0.2) is 32.7 Å². The molecule has 27 heavy (non-hydrogen) atoms. The summed E-state index contributed by atoms with van der Waals surface area (Å²) in [6.45, 7) is 4.66. The van der Waals surface area contributed by atoms with Crippen LogP contribution in [0.5, 0.6) is 0 Å². The van der Waals surface area contributed by atoms with E-state index in [4.69, 9.17) is 0 Å². The van der Waals surface area contributed by atoms with Crippen LogP contribution in [0.15, 0.2) is 53.4 Å². The van der Waals surface area contributed by atoms with Gasteiger partial charge in [0.2, 0.25) is 0 Å². The van der Waals surface area contributed by atoms with Crippen LogP contribution < -0.4 is 10.6 Å². The van der Waals surface area contributed by atoms with Crippen LogP contribution in [0, 0.1) is 0 Å². The molecule has 0 aromatic heterocycles. The van der Waals surface area contributed by atoms with Gasteiger partial charge in [-0.05, 0) is 62.2 Å². The lowest BCUT2D eigenvalue weighted by molar-refractivity contribution is 0.0949. The smallest absolute Gasteiger partial charge is 0.251 e. The number of carbonyl (C=O) groups excluding carboxylic acids is 1. The van der Waals surface area contributed by atoms with Crippen molar-refractivity contribution in [2.24, 2.45) is 0 Å². The Hall–Kier alpha value is -1.89. The normalized spacial score (nSPS) is 16.3. The number of nitrogens with one attached hydrogen (secondary N) is 2. The molecule has 146 valence electrons. The first-order valence-electron chi connectivity index (χ1n) is 8.83. The molecule has 1 amide bonds. The van der Waals surface area contributed by atoms with Crippen molar-refractivity contribution in [3.05, 3.63) is 65.2 Å². The molecule has 5 nitrogen and oxygen atoms in total. The first kappa shape index (κ1) is 21.4. The third kappa shape index (κ3) is 4.69. The summed E-state index contributed by atoms with van der Waals surface area (Å²) < 4.78 is 24.3. The first-order chi connectivity index (χ1) is 12.4. The lowest BCUT2D eigenvalue weighted by Crippen LogP contribution is -2.38. The fraction of sp³-hybridized carbons (Fsp3) is 0.350. The van der Waals surface area contributed by atoms with E-state index in [2.05, 4.69) is 22.8 Å². The predicted molar refractivity (Wildman–Crippen MR) is 109 cm³/mol. The minimum absolute atomic E-state index is 0. The predicted octanol–water partition coefficient (Wildman–Crippen LogP) is 2.91. The third-order valence-electron chi connectivity index (χ3n) is 4.75. The molecule has 0 saturated heterocycles.